The molecule has 3 rings (SSSR count). The van der Waals surface area contributed by atoms with Gasteiger partial charge in [-0.2, -0.15) is 0 Å². The van der Waals surface area contributed by atoms with Crippen LogP contribution in [0.1, 0.15) is 21.5 Å². The van der Waals surface area contributed by atoms with E-state index in [1.54, 1.807) is 12.1 Å². The third-order valence-corrected chi connectivity index (χ3v) is 3.85. The first-order valence-corrected chi connectivity index (χ1v) is 8.29. The van der Waals surface area contributed by atoms with Crippen molar-refractivity contribution in [1.29, 1.82) is 0 Å². The molecule has 0 saturated heterocycles. The molecule has 27 heavy (non-hydrogen) atoms. The van der Waals surface area contributed by atoms with Crippen molar-refractivity contribution in [1.82, 2.24) is 0 Å². The van der Waals surface area contributed by atoms with Gasteiger partial charge in [-0.15, -0.1) is 0 Å². The third kappa shape index (κ3) is 4.92. The van der Waals surface area contributed by atoms with Crippen LogP contribution < -0.4 is 4.74 Å². The molecule has 0 aromatic heterocycles. The Bertz CT molecular complexity index is 926. The van der Waals surface area contributed by atoms with E-state index in [2.05, 4.69) is 0 Å². The molecular formula is C21H17NO5. The van der Waals surface area contributed by atoms with E-state index in [9.17, 15) is 14.9 Å². The zero-order valence-corrected chi connectivity index (χ0v) is 14.4. The molecule has 0 heterocycles. The summed E-state index contributed by atoms with van der Waals surface area (Å²) in [7, 11) is 0. The molecule has 0 spiro atoms. The van der Waals surface area contributed by atoms with E-state index in [0.29, 0.717) is 5.75 Å². The highest BCUT2D eigenvalue weighted by Gasteiger charge is 2.22. The minimum Gasteiger partial charge on any atom is -0.489 e. The van der Waals surface area contributed by atoms with Gasteiger partial charge in [0.15, 0.2) is 0 Å². The summed E-state index contributed by atoms with van der Waals surface area (Å²) in [6, 6.07) is 22.7. The van der Waals surface area contributed by atoms with E-state index in [-0.39, 0.29) is 24.5 Å². The second-order valence-corrected chi connectivity index (χ2v) is 5.77. The van der Waals surface area contributed by atoms with E-state index in [0.717, 1.165) is 11.1 Å². The Hall–Kier alpha value is -3.67. The first-order chi connectivity index (χ1) is 13.1. The molecule has 0 aliphatic heterocycles. The number of hydrogen-bond acceptors (Lipinski definition) is 5. The number of nitro groups is 1. The van der Waals surface area contributed by atoms with Crippen LogP contribution >= 0.6 is 0 Å². The van der Waals surface area contributed by atoms with E-state index >= 15 is 0 Å². The molecule has 0 aliphatic rings. The lowest BCUT2D eigenvalue weighted by Gasteiger charge is -2.09. The van der Waals surface area contributed by atoms with Crippen LogP contribution in [-0.2, 0) is 18.0 Å². The van der Waals surface area contributed by atoms with E-state index in [1.165, 1.54) is 18.2 Å². The van der Waals surface area contributed by atoms with Gasteiger partial charge >= 0.3 is 5.97 Å². The summed E-state index contributed by atoms with van der Waals surface area (Å²) >= 11 is 0. The van der Waals surface area contributed by atoms with Crippen LogP contribution in [0, 0.1) is 10.1 Å². The van der Waals surface area contributed by atoms with Crippen molar-refractivity contribution in [2.24, 2.45) is 0 Å². The largest absolute Gasteiger partial charge is 0.489 e. The Morgan fingerprint density at radius 2 is 1.44 bits per heavy atom. The number of carbonyl (C=O) groups excluding carboxylic acids is 1. The van der Waals surface area contributed by atoms with Crippen molar-refractivity contribution in [2.45, 2.75) is 13.2 Å². The van der Waals surface area contributed by atoms with Crippen molar-refractivity contribution < 1.29 is 19.2 Å². The van der Waals surface area contributed by atoms with E-state index in [4.69, 9.17) is 9.47 Å². The third-order valence-electron chi connectivity index (χ3n) is 3.85. The molecule has 0 unspecified atom stereocenters. The van der Waals surface area contributed by atoms with Gasteiger partial charge in [0, 0.05) is 12.1 Å². The number of nitrogens with zero attached hydrogens (tertiary/aromatic N) is 1. The van der Waals surface area contributed by atoms with Crippen LogP contribution in [0.5, 0.6) is 5.75 Å². The second kappa shape index (κ2) is 8.62. The molecule has 0 saturated carbocycles. The molecule has 6 nitrogen and oxygen atoms in total. The highest BCUT2D eigenvalue weighted by Crippen LogP contribution is 2.26. The normalized spacial score (nSPS) is 10.2. The second-order valence-electron chi connectivity index (χ2n) is 5.77. The molecule has 0 fully saturated rings. The molecular weight excluding hydrogens is 346 g/mol. The van der Waals surface area contributed by atoms with Crippen LogP contribution in [0.3, 0.4) is 0 Å². The van der Waals surface area contributed by atoms with Gasteiger partial charge in [0.2, 0.25) is 0 Å². The maximum Gasteiger partial charge on any atom is 0.345 e. The zero-order chi connectivity index (χ0) is 19.1. The van der Waals surface area contributed by atoms with Crippen molar-refractivity contribution in [3.63, 3.8) is 0 Å². The smallest absolute Gasteiger partial charge is 0.345 e. The molecule has 0 radical (unpaired) electrons. The van der Waals surface area contributed by atoms with Crippen LogP contribution in [0.25, 0.3) is 0 Å². The number of rotatable bonds is 7. The molecule has 3 aromatic carbocycles. The standard InChI is InChI=1S/C21H17NO5/c23-21(27-15-17-9-5-2-6-10-17)19-13-18(11-12-20(19)22(24)25)26-14-16-7-3-1-4-8-16/h1-13H,14-15H2. The quantitative estimate of drug-likeness (QED) is 0.350. The summed E-state index contributed by atoms with van der Waals surface area (Å²) < 4.78 is 10.9. The van der Waals surface area contributed by atoms with Crippen molar-refractivity contribution in [3.8, 4) is 5.75 Å². The molecule has 0 amide bonds. The van der Waals surface area contributed by atoms with Gasteiger partial charge in [-0.25, -0.2) is 4.79 Å². The Kier molecular flexibility index (Phi) is 5.79. The van der Waals surface area contributed by atoms with Gasteiger partial charge in [0.05, 0.1) is 4.92 Å². The topological polar surface area (TPSA) is 78.7 Å². The average Bonchev–Trinajstić information content (AvgIpc) is 2.71. The fraction of sp³-hybridized carbons (Fsp3) is 0.0952. The highest BCUT2D eigenvalue weighted by atomic mass is 16.6. The Labute approximate surface area is 156 Å². The lowest BCUT2D eigenvalue weighted by atomic mass is 10.1. The van der Waals surface area contributed by atoms with Crippen molar-refractivity contribution in [2.75, 3.05) is 0 Å². The Balaban J connectivity index is 1.74. The maximum atomic E-state index is 12.4. The lowest BCUT2D eigenvalue weighted by molar-refractivity contribution is -0.385. The van der Waals surface area contributed by atoms with Gasteiger partial charge in [0.25, 0.3) is 5.69 Å². The summed E-state index contributed by atoms with van der Waals surface area (Å²) in [6.07, 6.45) is 0. The molecule has 6 heteroatoms. The summed E-state index contributed by atoms with van der Waals surface area (Å²) in [5.41, 5.74) is 1.29. The SMILES string of the molecule is O=C(OCc1ccccc1)c1cc(OCc2ccccc2)ccc1[N+](=O)[O-]. The molecule has 136 valence electrons. The van der Waals surface area contributed by atoms with Crippen LogP contribution in [0.15, 0.2) is 78.9 Å². The molecule has 0 atom stereocenters. The number of carbonyl (C=O) groups is 1. The Morgan fingerprint density at radius 1 is 0.852 bits per heavy atom. The van der Waals surface area contributed by atoms with Crippen molar-refractivity contribution >= 4 is 11.7 Å². The van der Waals surface area contributed by atoms with Gasteiger partial charge in [-0.05, 0) is 17.2 Å². The van der Waals surface area contributed by atoms with Crippen molar-refractivity contribution in [3.05, 3.63) is 106 Å². The number of ether oxygens (including phenoxy) is 2. The molecule has 0 N–H and O–H groups in total. The van der Waals surface area contributed by atoms with Gasteiger partial charge in [0.1, 0.15) is 24.5 Å². The lowest BCUT2D eigenvalue weighted by Crippen LogP contribution is -2.09. The van der Waals surface area contributed by atoms with Gasteiger partial charge in [-0.1, -0.05) is 60.7 Å². The molecule has 0 aliphatic carbocycles. The molecule has 0 bridgehead atoms. The fourth-order valence-corrected chi connectivity index (χ4v) is 2.47. The summed E-state index contributed by atoms with van der Waals surface area (Å²) in [5.74, 6) is -0.410. The number of esters is 1. The van der Waals surface area contributed by atoms with E-state index < -0.39 is 10.9 Å². The van der Waals surface area contributed by atoms with E-state index in [1.807, 2.05) is 48.5 Å². The summed E-state index contributed by atoms with van der Waals surface area (Å²) in [6.45, 7) is 0.323. The highest BCUT2D eigenvalue weighted by molar-refractivity contribution is 5.94. The predicted octanol–water partition coefficient (Wildman–Crippen LogP) is 4.53. The summed E-state index contributed by atoms with van der Waals surface area (Å²) in [5, 5.41) is 11.2. The van der Waals surface area contributed by atoms with Crippen LogP contribution in [-0.4, -0.2) is 10.9 Å². The zero-order valence-electron chi connectivity index (χ0n) is 14.4. The minimum atomic E-state index is -0.768. The Morgan fingerprint density at radius 3 is 2.04 bits per heavy atom. The summed E-state index contributed by atoms with van der Waals surface area (Å²) in [4.78, 5) is 23.0. The number of nitro benzene ring substituents is 1. The molecule has 3 aromatic rings. The van der Waals surface area contributed by atoms with Crippen LogP contribution in [0.4, 0.5) is 5.69 Å². The van der Waals surface area contributed by atoms with Gasteiger partial charge in [-0.3, -0.25) is 10.1 Å². The predicted molar refractivity (Wildman–Crippen MR) is 99.4 cm³/mol. The maximum absolute atomic E-state index is 12.4. The number of hydrogen-bond donors (Lipinski definition) is 0. The fourth-order valence-electron chi connectivity index (χ4n) is 2.47. The minimum absolute atomic E-state index is 0.0337. The van der Waals surface area contributed by atoms with Gasteiger partial charge < -0.3 is 9.47 Å². The van der Waals surface area contributed by atoms with Crippen LogP contribution in [0.2, 0.25) is 0 Å². The monoisotopic (exact) mass is 363 g/mol. The first kappa shape index (κ1) is 18.1. The average molecular weight is 363 g/mol. The first-order valence-electron chi connectivity index (χ1n) is 8.29. The number of benzene rings is 3.